The summed E-state index contributed by atoms with van der Waals surface area (Å²) in [6, 6.07) is 12.8. The van der Waals surface area contributed by atoms with Crippen LogP contribution >= 0.6 is 0 Å². The zero-order chi connectivity index (χ0) is 14.7. The molecule has 0 aliphatic rings. The molecule has 2 N–H and O–H groups in total. The van der Waals surface area contributed by atoms with Gasteiger partial charge in [0.25, 0.3) is 5.91 Å². The summed E-state index contributed by atoms with van der Waals surface area (Å²) in [7, 11) is 1.61. The SMILES string of the molecule is CN(C(=O)c1ccc(C(=O)O)c(O)c1)c1ccccc1. The zero-order valence-electron chi connectivity index (χ0n) is 10.8. The van der Waals surface area contributed by atoms with E-state index in [1.54, 1.807) is 19.2 Å². The highest BCUT2D eigenvalue weighted by Gasteiger charge is 2.16. The van der Waals surface area contributed by atoms with Gasteiger partial charge >= 0.3 is 5.97 Å². The third kappa shape index (κ3) is 2.61. The molecule has 0 atom stereocenters. The number of carbonyl (C=O) groups excluding carboxylic acids is 1. The number of amides is 1. The van der Waals surface area contributed by atoms with Gasteiger partial charge in [-0.25, -0.2) is 4.79 Å². The van der Waals surface area contributed by atoms with Gasteiger partial charge in [0.1, 0.15) is 11.3 Å². The molecule has 5 heteroatoms. The predicted molar refractivity (Wildman–Crippen MR) is 74.2 cm³/mol. The van der Waals surface area contributed by atoms with Crippen molar-refractivity contribution in [2.45, 2.75) is 0 Å². The quantitative estimate of drug-likeness (QED) is 0.898. The number of benzene rings is 2. The van der Waals surface area contributed by atoms with Crippen LogP contribution < -0.4 is 4.90 Å². The van der Waals surface area contributed by atoms with Gasteiger partial charge in [-0.15, -0.1) is 0 Å². The molecule has 0 aliphatic carbocycles. The standard InChI is InChI=1S/C15H13NO4/c1-16(11-5-3-2-4-6-11)14(18)10-7-8-12(15(19)20)13(17)9-10/h2-9,17H,1H3,(H,19,20). The molecule has 5 nitrogen and oxygen atoms in total. The van der Waals surface area contributed by atoms with E-state index in [4.69, 9.17) is 5.11 Å². The maximum absolute atomic E-state index is 12.2. The average Bonchev–Trinajstić information content (AvgIpc) is 2.46. The Morgan fingerprint density at radius 2 is 1.70 bits per heavy atom. The minimum atomic E-state index is -1.24. The summed E-state index contributed by atoms with van der Waals surface area (Å²) in [5, 5.41) is 18.4. The lowest BCUT2D eigenvalue weighted by Gasteiger charge is -2.17. The fourth-order valence-electron chi connectivity index (χ4n) is 1.81. The van der Waals surface area contributed by atoms with E-state index in [2.05, 4.69) is 0 Å². The summed E-state index contributed by atoms with van der Waals surface area (Å²) in [6.45, 7) is 0. The van der Waals surface area contributed by atoms with Gasteiger partial charge in [-0.3, -0.25) is 4.79 Å². The Morgan fingerprint density at radius 3 is 2.25 bits per heavy atom. The molecule has 0 aromatic heterocycles. The second-order valence-electron chi connectivity index (χ2n) is 4.24. The molecule has 0 fully saturated rings. The second-order valence-corrected chi connectivity index (χ2v) is 4.24. The Bertz CT molecular complexity index is 652. The Kier molecular flexibility index (Phi) is 3.70. The van der Waals surface area contributed by atoms with E-state index in [-0.39, 0.29) is 17.0 Å². The molecule has 2 aromatic carbocycles. The average molecular weight is 271 g/mol. The number of hydrogen-bond acceptors (Lipinski definition) is 3. The summed E-state index contributed by atoms with van der Waals surface area (Å²) in [5.41, 5.74) is 0.696. The maximum atomic E-state index is 12.2. The third-order valence-electron chi connectivity index (χ3n) is 2.92. The molecule has 0 saturated heterocycles. The lowest BCUT2D eigenvalue weighted by molar-refractivity contribution is 0.0693. The van der Waals surface area contributed by atoms with Gasteiger partial charge in [0, 0.05) is 18.3 Å². The van der Waals surface area contributed by atoms with Gasteiger partial charge in [0.2, 0.25) is 0 Å². The van der Waals surface area contributed by atoms with Crippen LogP contribution in [0.25, 0.3) is 0 Å². The van der Waals surface area contributed by atoms with Crippen molar-refractivity contribution >= 4 is 17.6 Å². The molecule has 0 bridgehead atoms. The minimum absolute atomic E-state index is 0.221. The maximum Gasteiger partial charge on any atom is 0.339 e. The van der Waals surface area contributed by atoms with Crippen LogP contribution in [0.1, 0.15) is 20.7 Å². The molecule has 2 rings (SSSR count). The summed E-state index contributed by atoms with van der Waals surface area (Å²) >= 11 is 0. The predicted octanol–water partition coefficient (Wildman–Crippen LogP) is 2.37. The zero-order valence-corrected chi connectivity index (χ0v) is 10.8. The summed E-state index contributed by atoms with van der Waals surface area (Å²) in [6.07, 6.45) is 0. The van der Waals surface area contributed by atoms with Crippen LogP contribution in [0.15, 0.2) is 48.5 Å². The summed E-state index contributed by atoms with van der Waals surface area (Å²) < 4.78 is 0. The van der Waals surface area contributed by atoms with Crippen molar-refractivity contribution in [3.8, 4) is 5.75 Å². The summed E-state index contributed by atoms with van der Waals surface area (Å²) in [5.74, 6) is -1.99. The van der Waals surface area contributed by atoms with Gasteiger partial charge in [-0.1, -0.05) is 18.2 Å². The van der Waals surface area contributed by atoms with Crippen molar-refractivity contribution in [1.82, 2.24) is 0 Å². The topological polar surface area (TPSA) is 77.8 Å². The molecular weight excluding hydrogens is 258 g/mol. The molecule has 102 valence electrons. The number of aromatic carboxylic acids is 1. The normalized spacial score (nSPS) is 10.1. The molecule has 2 aromatic rings. The first-order valence-electron chi connectivity index (χ1n) is 5.90. The van der Waals surface area contributed by atoms with Crippen molar-refractivity contribution in [2.75, 3.05) is 11.9 Å². The molecule has 0 heterocycles. The highest BCUT2D eigenvalue weighted by atomic mass is 16.4. The van der Waals surface area contributed by atoms with Gasteiger partial charge in [0.15, 0.2) is 0 Å². The van der Waals surface area contributed by atoms with E-state index in [0.29, 0.717) is 5.69 Å². The van der Waals surface area contributed by atoms with Crippen LogP contribution in [0, 0.1) is 0 Å². The van der Waals surface area contributed by atoms with Crippen LogP contribution in [0.4, 0.5) is 5.69 Å². The molecule has 0 unspecified atom stereocenters. The fourth-order valence-corrected chi connectivity index (χ4v) is 1.81. The van der Waals surface area contributed by atoms with E-state index in [9.17, 15) is 14.7 Å². The van der Waals surface area contributed by atoms with Crippen LogP contribution in [0.3, 0.4) is 0 Å². The molecule has 0 saturated carbocycles. The number of carboxylic acids is 1. The van der Waals surface area contributed by atoms with Crippen molar-refractivity contribution < 1.29 is 19.8 Å². The number of hydrogen-bond donors (Lipinski definition) is 2. The first-order valence-corrected chi connectivity index (χ1v) is 5.90. The lowest BCUT2D eigenvalue weighted by Crippen LogP contribution is -2.26. The van der Waals surface area contributed by atoms with Crippen molar-refractivity contribution in [1.29, 1.82) is 0 Å². The smallest absolute Gasteiger partial charge is 0.339 e. The van der Waals surface area contributed by atoms with Gasteiger partial charge in [-0.2, -0.15) is 0 Å². The Morgan fingerprint density at radius 1 is 1.05 bits per heavy atom. The Balaban J connectivity index is 2.30. The largest absolute Gasteiger partial charge is 0.507 e. The minimum Gasteiger partial charge on any atom is -0.507 e. The number of nitrogens with zero attached hydrogens (tertiary/aromatic N) is 1. The number of carbonyl (C=O) groups is 2. The van der Waals surface area contributed by atoms with Crippen molar-refractivity contribution in [3.63, 3.8) is 0 Å². The highest BCUT2D eigenvalue weighted by molar-refractivity contribution is 6.06. The number of anilines is 1. The van der Waals surface area contributed by atoms with Gasteiger partial charge in [-0.05, 0) is 30.3 Å². The highest BCUT2D eigenvalue weighted by Crippen LogP contribution is 2.21. The third-order valence-corrected chi connectivity index (χ3v) is 2.92. The first-order chi connectivity index (χ1) is 9.50. The second kappa shape index (κ2) is 5.44. The molecular formula is C15H13NO4. The number of para-hydroxylation sites is 1. The lowest BCUT2D eigenvalue weighted by atomic mass is 10.1. The van der Waals surface area contributed by atoms with Gasteiger partial charge < -0.3 is 15.1 Å². The number of aromatic hydroxyl groups is 1. The van der Waals surface area contributed by atoms with Gasteiger partial charge in [0.05, 0.1) is 0 Å². The molecule has 0 aliphatic heterocycles. The molecule has 0 radical (unpaired) electrons. The monoisotopic (exact) mass is 271 g/mol. The van der Waals surface area contributed by atoms with Crippen molar-refractivity contribution in [2.24, 2.45) is 0 Å². The van der Waals surface area contributed by atoms with E-state index in [0.717, 1.165) is 6.07 Å². The van der Waals surface area contributed by atoms with Crippen LogP contribution in [0.5, 0.6) is 5.75 Å². The molecule has 1 amide bonds. The fraction of sp³-hybridized carbons (Fsp3) is 0.0667. The number of rotatable bonds is 3. The van der Waals surface area contributed by atoms with E-state index < -0.39 is 11.7 Å². The van der Waals surface area contributed by atoms with Crippen LogP contribution in [-0.4, -0.2) is 29.1 Å². The Labute approximate surface area is 115 Å². The Hall–Kier alpha value is -2.82. The van der Waals surface area contributed by atoms with E-state index in [1.165, 1.54) is 17.0 Å². The van der Waals surface area contributed by atoms with Crippen molar-refractivity contribution in [3.05, 3.63) is 59.7 Å². The van der Waals surface area contributed by atoms with E-state index in [1.807, 2.05) is 18.2 Å². The number of phenols is 1. The molecule has 0 spiro atoms. The first kappa shape index (κ1) is 13.6. The van der Waals surface area contributed by atoms with Crippen LogP contribution in [0.2, 0.25) is 0 Å². The molecule has 20 heavy (non-hydrogen) atoms. The summed E-state index contributed by atoms with van der Waals surface area (Å²) in [4.78, 5) is 24.5. The van der Waals surface area contributed by atoms with Crippen LogP contribution in [-0.2, 0) is 0 Å². The number of carboxylic acid groups (broad SMARTS) is 1. The van der Waals surface area contributed by atoms with E-state index >= 15 is 0 Å².